The van der Waals surface area contributed by atoms with Crippen LogP contribution in [-0.4, -0.2) is 22.8 Å². The lowest BCUT2D eigenvalue weighted by Crippen LogP contribution is -2.04. The van der Waals surface area contributed by atoms with Crippen molar-refractivity contribution in [2.45, 2.75) is 13.2 Å². The first-order valence-corrected chi connectivity index (χ1v) is 7.36. The van der Waals surface area contributed by atoms with E-state index in [2.05, 4.69) is 11.8 Å². The van der Waals surface area contributed by atoms with Crippen LogP contribution in [0.15, 0.2) is 30.3 Å². The summed E-state index contributed by atoms with van der Waals surface area (Å²) < 4.78 is 5.12. The monoisotopic (exact) mass is 328 g/mol. The van der Waals surface area contributed by atoms with Crippen molar-refractivity contribution >= 4 is 17.6 Å². The van der Waals surface area contributed by atoms with Gasteiger partial charge in [-0.25, -0.2) is 4.79 Å². The molecule has 0 atom stereocenters. The van der Waals surface area contributed by atoms with Gasteiger partial charge in [0, 0.05) is 27.3 Å². The standard InChI is InChI=1S/C18H13ClO4/c19-15-6-2-1-4-14(15)17-13(5-3-7-20)11(9-21)8-12-10-23-18(22)16(12)17/h1-2,4,6,8,20-21H,7,9-10H2. The average Bonchev–Trinajstić information content (AvgIpc) is 2.93. The van der Waals surface area contributed by atoms with E-state index in [1.165, 1.54) is 0 Å². The molecule has 5 heteroatoms. The normalized spacial score (nSPS) is 12.4. The van der Waals surface area contributed by atoms with Crippen LogP contribution >= 0.6 is 11.6 Å². The molecule has 0 saturated carbocycles. The molecule has 3 rings (SSSR count). The number of aliphatic hydroxyl groups excluding tert-OH is 2. The number of halogens is 1. The molecule has 0 amide bonds. The number of hydrogen-bond donors (Lipinski definition) is 2. The van der Waals surface area contributed by atoms with E-state index in [0.29, 0.717) is 38.4 Å². The van der Waals surface area contributed by atoms with Crippen molar-refractivity contribution in [3.8, 4) is 23.0 Å². The second-order valence-corrected chi connectivity index (χ2v) is 5.40. The summed E-state index contributed by atoms with van der Waals surface area (Å²) in [7, 11) is 0. The second kappa shape index (κ2) is 6.43. The highest BCUT2D eigenvalue weighted by atomic mass is 35.5. The van der Waals surface area contributed by atoms with Gasteiger partial charge in [-0.1, -0.05) is 41.6 Å². The van der Waals surface area contributed by atoms with Gasteiger partial charge in [-0.05, 0) is 17.7 Å². The van der Waals surface area contributed by atoms with Gasteiger partial charge in [0.05, 0.1) is 12.2 Å². The molecule has 4 nitrogen and oxygen atoms in total. The highest BCUT2D eigenvalue weighted by Gasteiger charge is 2.29. The fraction of sp³-hybridized carbons (Fsp3) is 0.167. The Labute approximate surface area is 138 Å². The van der Waals surface area contributed by atoms with Crippen molar-refractivity contribution in [2.75, 3.05) is 6.61 Å². The van der Waals surface area contributed by atoms with Crippen LogP contribution in [0.1, 0.15) is 27.0 Å². The molecular formula is C18H13ClO4. The maximum atomic E-state index is 12.2. The Hall–Kier alpha value is -2.32. The van der Waals surface area contributed by atoms with Crippen molar-refractivity contribution in [2.24, 2.45) is 0 Å². The predicted octanol–water partition coefficient (Wildman–Crippen LogP) is 2.51. The first-order chi connectivity index (χ1) is 11.2. The van der Waals surface area contributed by atoms with Crippen molar-refractivity contribution < 1.29 is 19.7 Å². The summed E-state index contributed by atoms with van der Waals surface area (Å²) in [6.45, 7) is -0.408. The third-order valence-corrected chi connectivity index (χ3v) is 3.99. The van der Waals surface area contributed by atoms with Gasteiger partial charge in [0.2, 0.25) is 0 Å². The van der Waals surface area contributed by atoms with E-state index in [-0.39, 0.29) is 19.8 Å². The van der Waals surface area contributed by atoms with E-state index in [0.717, 1.165) is 0 Å². The van der Waals surface area contributed by atoms with Crippen LogP contribution in [0.25, 0.3) is 11.1 Å². The maximum absolute atomic E-state index is 12.2. The zero-order valence-electron chi connectivity index (χ0n) is 12.1. The number of fused-ring (bicyclic) bond motifs is 1. The highest BCUT2D eigenvalue weighted by Crippen LogP contribution is 2.39. The van der Waals surface area contributed by atoms with Gasteiger partial charge in [0.25, 0.3) is 0 Å². The molecule has 0 saturated heterocycles. The molecular weight excluding hydrogens is 316 g/mol. The summed E-state index contributed by atoms with van der Waals surface area (Å²) in [6, 6.07) is 8.82. The van der Waals surface area contributed by atoms with E-state index in [4.69, 9.17) is 21.4 Å². The SMILES string of the molecule is O=C1OCc2cc(CO)c(C#CCO)c(-c3ccccc3Cl)c21. The van der Waals surface area contributed by atoms with Crippen LogP contribution in [0, 0.1) is 11.8 Å². The lowest BCUT2D eigenvalue weighted by molar-refractivity contribution is 0.0535. The van der Waals surface area contributed by atoms with Gasteiger partial charge in [0.15, 0.2) is 0 Å². The molecule has 0 aromatic heterocycles. The van der Waals surface area contributed by atoms with Crippen LogP contribution in [0.4, 0.5) is 0 Å². The number of carbonyl (C=O) groups excluding carboxylic acids is 1. The van der Waals surface area contributed by atoms with Crippen LogP contribution in [0.5, 0.6) is 0 Å². The van der Waals surface area contributed by atoms with Gasteiger partial charge in [-0.2, -0.15) is 0 Å². The van der Waals surface area contributed by atoms with Crippen LogP contribution in [0.3, 0.4) is 0 Å². The Balaban J connectivity index is 2.41. The van der Waals surface area contributed by atoms with E-state index in [1.54, 1.807) is 24.3 Å². The maximum Gasteiger partial charge on any atom is 0.339 e. The van der Waals surface area contributed by atoms with Crippen LogP contribution < -0.4 is 0 Å². The molecule has 2 aromatic carbocycles. The quantitative estimate of drug-likeness (QED) is 0.656. The average molecular weight is 329 g/mol. The van der Waals surface area contributed by atoms with E-state index in [1.807, 2.05) is 6.07 Å². The molecule has 1 aliphatic rings. The Morgan fingerprint density at radius 3 is 2.70 bits per heavy atom. The summed E-state index contributed by atoms with van der Waals surface area (Å²) in [5.41, 5.74) is 3.34. The molecule has 0 aliphatic carbocycles. The second-order valence-electron chi connectivity index (χ2n) is 4.99. The third kappa shape index (κ3) is 2.71. The molecule has 1 aliphatic heterocycles. The number of benzene rings is 2. The molecule has 0 spiro atoms. The molecule has 2 N–H and O–H groups in total. The Bertz CT molecular complexity index is 846. The molecule has 116 valence electrons. The molecule has 2 aromatic rings. The zero-order chi connectivity index (χ0) is 16.4. The van der Waals surface area contributed by atoms with Crippen molar-refractivity contribution in [3.63, 3.8) is 0 Å². The Morgan fingerprint density at radius 2 is 2.00 bits per heavy atom. The fourth-order valence-corrected chi connectivity index (χ4v) is 2.92. The largest absolute Gasteiger partial charge is 0.457 e. The first-order valence-electron chi connectivity index (χ1n) is 6.98. The lowest BCUT2D eigenvalue weighted by Gasteiger charge is -2.14. The van der Waals surface area contributed by atoms with Crippen molar-refractivity contribution in [1.82, 2.24) is 0 Å². The van der Waals surface area contributed by atoms with Crippen molar-refractivity contribution in [3.05, 3.63) is 57.6 Å². The number of rotatable bonds is 2. The van der Waals surface area contributed by atoms with E-state index < -0.39 is 5.97 Å². The summed E-state index contributed by atoms with van der Waals surface area (Å²) in [5.74, 6) is 4.97. The van der Waals surface area contributed by atoms with Gasteiger partial charge in [-0.3, -0.25) is 0 Å². The first kappa shape index (κ1) is 15.6. The van der Waals surface area contributed by atoms with Gasteiger partial charge >= 0.3 is 5.97 Å². The summed E-state index contributed by atoms with van der Waals surface area (Å²) in [4.78, 5) is 12.2. The smallest absolute Gasteiger partial charge is 0.339 e. The number of ether oxygens (including phenoxy) is 1. The number of cyclic esters (lactones) is 1. The van der Waals surface area contributed by atoms with Crippen LogP contribution in [0.2, 0.25) is 5.02 Å². The fourth-order valence-electron chi connectivity index (χ4n) is 2.69. The molecule has 0 unspecified atom stereocenters. The predicted molar refractivity (Wildman–Crippen MR) is 85.9 cm³/mol. The number of carbonyl (C=O) groups is 1. The van der Waals surface area contributed by atoms with E-state index >= 15 is 0 Å². The Morgan fingerprint density at radius 1 is 1.22 bits per heavy atom. The van der Waals surface area contributed by atoms with Gasteiger partial charge in [0.1, 0.15) is 13.2 Å². The highest BCUT2D eigenvalue weighted by molar-refractivity contribution is 6.33. The zero-order valence-corrected chi connectivity index (χ0v) is 12.9. The Kier molecular flexibility index (Phi) is 4.35. The topological polar surface area (TPSA) is 66.8 Å². The third-order valence-electron chi connectivity index (χ3n) is 3.66. The number of aliphatic hydroxyl groups is 2. The van der Waals surface area contributed by atoms with Crippen LogP contribution in [-0.2, 0) is 18.0 Å². The molecule has 0 bridgehead atoms. The molecule has 0 fully saturated rings. The molecule has 0 radical (unpaired) electrons. The minimum absolute atomic E-state index is 0.159. The summed E-state index contributed by atoms with van der Waals surface area (Å²) >= 11 is 6.30. The lowest BCUT2D eigenvalue weighted by atomic mass is 9.88. The van der Waals surface area contributed by atoms with Gasteiger partial charge in [-0.15, -0.1) is 0 Å². The summed E-state index contributed by atoms with van der Waals surface area (Å²) in [6.07, 6.45) is 0. The summed E-state index contributed by atoms with van der Waals surface area (Å²) in [5, 5.41) is 19.1. The minimum atomic E-state index is -0.438. The van der Waals surface area contributed by atoms with Gasteiger partial charge < -0.3 is 14.9 Å². The number of hydrogen-bond acceptors (Lipinski definition) is 4. The molecule has 1 heterocycles. The van der Waals surface area contributed by atoms with E-state index in [9.17, 15) is 9.90 Å². The minimum Gasteiger partial charge on any atom is -0.457 e. The molecule has 23 heavy (non-hydrogen) atoms. The van der Waals surface area contributed by atoms with Crippen molar-refractivity contribution in [1.29, 1.82) is 0 Å². The number of esters is 1.